The normalized spacial score (nSPS) is 12.1. The number of aromatic nitrogens is 2. The van der Waals surface area contributed by atoms with Gasteiger partial charge in [-0.1, -0.05) is 36.9 Å². The van der Waals surface area contributed by atoms with Crippen LogP contribution in [-0.2, 0) is 9.59 Å². The molecule has 1 rings (SSSR count). The van der Waals surface area contributed by atoms with Crippen molar-refractivity contribution in [3.63, 3.8) is 0 Å². The third-order valence-electron chi connectivity index (χ3n) is 2.02. The molecule has 0 radical (unpaired) electrons. The lowest BCUT2D eigenvalue weighted by Crippen LogP contribution is -2.19. The number of carbonyl (C=O) groups is 2. The molecule has 17 heavy (non-hydrogen) atoms. The molecule has 1 heterocycles. The summed E-state index contributed by atoms with van der Waals surface area (Å²) in [6, 6.07) is 0. The van der Waals surface area contributed by atoms with Gasteiger partial charge < -0.3 is 10.4 Å². The molecule has 0 saturated carbocycles. The molecule has 0 aliphatic carbocycles. The maximum Gasteiger partial charge on any atom is 0.313 e. The van der Waals surface area contributed by atoms with Gasteiger partial charge in [0.1, 0.15) is 0 Å². The molecule has 0 saturated heterocycles. The second-order valence-corrected chi connectivity index (χ2v) is 5.55. The molecule has 0 fully saturated rings. The van der Waals surface area contributed by atoms with Crippen molar-refractivity contribution in [2.45, 2.75) is 24.6 Å². The van der Waals surface area contributed by atoms with Gasteiger partial charge in [-0.05, 0) is 6.42 Å². The molecule has 0 aromatic carbocycles. The third-order valence-corrected chi connectivity index (χ3v) is 3.97. The molecule has 6 nitrogen and oxygen atoms in total. The average Bonchev–Trinajstić information content (AvgIpc) is 2.73. The van der Waals surface area contributed by atoms with Crippen LogP contribution in [0.3, 0.4) is 0 Å². The Labute approximate surface area is 107 Å². The largest absolute Gasteiger partial charge is 0.481 e. The number of hydrogen-bond donors (Lipinski definition) is 2. The number of aliphatic carboxylic acids is 1. The smallest absolute Gasteiger partial charge is 0.313 e. The van der Waals surface area contributed by atoms with Crippen molar-refractivity contribution in [1.29, 1.82) is 0 Å². The molecule has 0 spiro atoms. The van der Waals surface area contributed by atoms with Crippen molar-refractivity contribution >= 4 is 40.1 Å². The molecular formula is C9H13N3O3S2. The molecule has 94 valence electrons. The molecule has 1 aromatic heterocycles. The zero-order valence-corrected chi connectivity index (χ0v) is 11.1. The summed E-state index contributed by atoms with van der Waals surface area (Å²) >= 11 is 2.26. The van der Waals surface area contributed by atoms with Crippen LogP contribution in [0.25, 0.3) is 0 Å². The number of rotatable bonds is 6. The molecule has 8 heteroatoms. The van der Waals surface area contributed by atoms with E-state index in [1.807, 2.05) is 13.8 Å². The Morgan fingerprint density at radius 2 is 2.24 bits per heavy atom. The van der Waals surface area contributed by atoms with Gasteiger partial charge in [-0.15, -0.1) is 10.2 Å². The van der Waals surface area contributed by atoms with Crippen molar-refractivity contribution in [2.75, 3.05) is 11.1 Å². The van der Waals surface area contributed by atoms with Gasteiger partial charge in [0.2, 0.25) is 11.0 Å². The summed E-state index contributed by atoms with van der Waals surface area (Å²) in [6.45, 7) is 3.76. The van der Waals surface area contributed by atoms with Crippen LogP contribution in [0.15, 0.2) is 4.34 Å². The molecule has 1 aromatic rings. The summed E-state index contributed by atoms with van der Waals surface area (Å²) in [5.74, 6) is -1.14. The highest BCUT2D eigenvalue weighted by atomic mass is 32.2. The van der Waals surface area contributed by atoms with E-state index in [-0.39, 0.29) is 17.6 Å². The number of carboxylic acid groups (broad SMARTS) is 1. The van der Waals surface area contributed by atoms with Gasteiger partial charge >= 0.3 is 5.97 Å². The summed E-state index contributed by atoms with van der Waals surface area (Å²) in [5.41, 5.74) is 0. The van der Waals surface area contributed by atoms with Crippen molar-refractivity contribution in [2.24, 2.45) is 5.92 Å². The van der Waals surface area contributed by atoms with Crippen LogP contribution in [-0.4, -0.2) is 32.9 Å². The molecule has 0 aliphatic rings. The molecule has 1 unspecified atom stereocenters. The number of nitrogens with zero attached hydrogens (tertiary/aromatic N) is 2. The van der Waals surface area contributed by atoms with E-state index in [4.69, 9.17) is 5.11 Å². The summed E-state index contributed by atoms with van der Waals surface area (Å²) in [7, 11) is 0. The van der Waals surface area contributed by atoms with Crippen LogP contribution >= 0.6 is 23.1 Å². The van der Waals surface area contributed by atoms with Crippen LogP contribution in [0, 0.1) is 5.92 Å². The maximum absolute atomic E-state index is 11.5. The molecule has 1 amide bonds. The first-order valence-electron chi connectivity index (χ1n) is 5.02. The van der Waals surface area contributed by atoms with Gasteiger partial charge in [-0.25, -0.2) is 0 Å². The Kier molecular flexibility index (Phi) is 5.36. The van der Waals surface area contributed by atoms with Crippen molar-refractivity contribution in [1.82, 2.24) is 10.2 Å². The second kappa shape index (κ2) is 6.55. The van der Waals surface area contributed by atoms with Crippen molar-refractivity contribution < 1.29 is 14.7 Å². The van der Waals surface area contributed by atoms with Crippen LogP contribution < -0.4 is 5.32 Å². The number of thioether (sulfide) groups is 1. The SMILES string of the molecule is CCC(C)C(=O)Nc1nnc(SCC(=O)O)s1. The Hall–Kier alpha value is -1.15. The molecule has 0 bridgehead atoms. The zero-order valence-electron chi connectivity index (χ0n) is 9.47. The van der Waals surface area contributed by atoms with Gasteiger partial charge in [-0.2, -0.15) is 0 Å². The van der Waals surface area contributed by atoms with Gasteiger partial charge in [0.05, 0.1) is 5.75 Å². The lowest BCUT2D eigenvalue weighted by Gasteiger charge is -2.05. The minimum atomic E-state index is -0.907. The number of anilines is 1. The van der Waals surface area contributed by atoms with E-state index in [1.54, 1.807) is 0 Å². The molecule has 1 atom stereocenters. The number of carboxylic acids is 1. The van der Waals surface area contributed by atoms with Crippen LogP contribution in [0.2, 0.25) is 0 Å². The quantitative estimate of drug-likeness (QED) is 0.606. The topological polar surface area (TPSA) is 92.2 Å². The fourth-order valence-electron chi connectivity index (χ4n) is 0.856. The first-order chi connectivity index (χ1) is 8.02. The van der Waals surface area contributed by atoms with E-state index in [9.17, 15) is 9.59 Å². The second-order valence-electron chi connectivity index (χ2n) is 3.35. The fraction of sp³-hybridized carbons (Fsp3) is 0.556. The monoisotopic (exact) mass is 275 g/mol. The van der Waals surface area contributed by atoms with Crippen molar-refractivity contribution in [3.8, 4) is 0 Å². The predicted molar refractivity (Wildman–Crippen MR) is 66.4 cm³/mol. The Morgan fingerprint density at radius 1 is 1.53 bits per heavy atom. The highest BCUT2D eigenvalue weighted by molar-refractivity contribution is 8.01. The summed E-state index contributed by atoms with van der Waals surface area (Å²) in [5, 5.41) is 19.1. The lowest BCUT2D eigenvalue weighted by atomic mass is 10.1. The van der Waals surface area contributed by atoms with Gasteiger partial charge in [0.25, 0.3) is 0 Å². The number of hydrogen-bond acceptors (Lipinski definition) is 6. The van der Waals surface area contributed by atoms with Crippen LogP contribution in [0.4, 0.5) is 5.13 Å². The Bertz CT molecular complexity index is 408. The third kappa shape index (κ3) is 4.70. The predicted octanol–water partition coefficient (Wildman–Crippen LogP) is 1.70. The van der Waals surface area contributed by atoms with Gasteiger partial charge in [0, 0.05) is 5.92 Å². The first kappa shape index (κ1) is 13.9. The first-order valence-corrected chi connectivity index (χ1v) is 6.82. The highest BCUT2D eigenvalue weighted by Gasteiger charge is 2.13. The van der Waals surface area contributed by atoms with Gasteiger partial charge in [-0.3, -0.25) is 9.59 Å². The summed E-state index contributed by atoms with van der Waals surface area (Å²) < 4.78 is 0.534. The molecule has 0 aliphatic heterocycles. The van der Waals surface area contributed by atoms with E-state index in [0.717, 1.165) is 18.2 Å². The summed E-state index contributed by atoms with van der Waals surface area (Å²) in [4.78, 5) is 21.9. The standard InChI is InChI=1S/C9H13N3O3S2/c1-3-5(2)7(15)10-8-11-12-9(17-8)16-4-6(13)14/h5H,3-4H2,1-2H3,(H,13,14)(H,10,11,15). The fourth-order valence-corrected chi connectivity index (χ4v) is 2.33. The number of nitrogens with one attached hydrogen (secondary N) is 1. The van der Waals surface area contributed by atoms with Crippen LogP contribution in [0.5, 0.6) is 0 Å². The van der Waals surface area contributed by atoms with E-state index < -0.39 is 5.97 Å². The Morgan fingerprint density at radius 3 is 2.82 bits per heavy atom. The van der Waals surface area contributed by atoms with E-state index in [1.165, 1.54) is 11.3 Å². The average molecular weight is 275 g/mol. The number of amides is 1. The minimum Gasteiger partial charge on any atom is -0.481 e. The van der Waals surface area contributed by atoms with Crippen LogP contribution in [0.1, 0.15) is 20.3 Å². The Balaban J connectivity index is 2.50. The van der Waals surface area contributed by atoms with Crippen molar-refractivity contribution in [3.05, 3.63) is 0 Å². The van der Waals surface area contributed by atoms with Gasteiger partial charge in [0.15, 0.2) is 4.34 Å². The van der Waals surface area contributed by atoms with E-state index in [2.05, 4.69) is 15.5 Å². The molecular weight excluding hydrogens is 262 g/mol. The van der Waals surface area contributed by atoms with E-state index in [0.29, 0.717) is 9.47 Å². The number of carbonyl (C=O) groups excluding carboxylic acids is 1. The molecule has 2 N–H and O–H groups in total. The summed E-state index contributed by atoms with van der Waals surface area (Å²) in [6.07, 6.45) is 0.755. The zero-order chi connectivity index (χ0) is 12.8. The maximum atomic E-state index is 11.5. The van der Waals surface area contributed by atoms with E-state index >= 15 is 0 Å². The minimum absolute atomic E-state index is 0.0616. The lowest BCUT2D eigenvalue weighted by molar-refractivity contribution is -0.133. The highest BCUT2D eigenvalue weighted by Crippen LogP contribution is 2.25.